The molecule has 0 heterocycles. The molecule has 0 fully saturated rings. The SMILES string of the molecule is CNC(=O)C(CCC=O)N(C)C(=O)c1c(F)cccc1C=O. The summed E-state index contributed by atoms with van der Waals surface area (Å²) in [5.41, 5.74) is -0.483. The summed E-state index contributed by atoms with van der Waals surface area (Å²) in [5.74, 6) is -2.10. The van der Waals surface area contributed by atoms with Gasteiger partial charge in [0, 0.05) is 26.1 Å². The monoisotopic (exact) mass is 308 g/mol. The van der Waals surface area contributed by atoms with Gasteiger partial charge in [0.1, 0.15) is 18.1 Å². The third kappa shape index (κ3) is 3.75. The van der Waals surface area contributed by atoms with Crippen molar-refractivity contribution in [1.29, 1.82) is 0 Å². The lowest BCUT2D eigenvalue weighted by molar-refractivity contribution is -0.125. The Hall–Kier alpha value is -2.57. The van der Waals surface area contributed by atoms with Gasteiger partial charge in [0.25, 0.3) is 5.91 Å². The number of amides is 2. The first-order valence-corrected chi connectivity index (χ1v) is 6.64. The Morgan fingerprint density at radius 1 is 1.36 bits per heavy atom. The number of aldehydes is 2. The van der Waals surface area contributed by atoms with Crippen LogP contribution in [-0.2, 0) is 9.59 Å². The highest BCUT2D eigenvalue weighted by molar-refractivity contribution is 6.03. The Morgan fingerprint density at radius 3 is 2.59 bits per heavy atom. The van der Waals surface area contributed by atoms with Crippen molar-refractivity contribution < 1.29 is 23.6 Å². The maximum Gasteiger partial charge on any atom is 0.257 e. The molecule has 0 saturated heterocycles. The zero-order valence-corrected chi connectivity index (χ0v) is 12.3. The minimum absolute atomic E-state index is 0.0769. The molecule has 22 heavy (non-hydrogen) atoms. The molecule has 0 aromatic heterocycles. The van der Waals surface area contributed by atoms with E-state index in [-0.39, 0.29) is 24.0 Å². The van der Waals surface area contributed by atoms with Gasteiger partial charge in [-0.15, -0.1) is 0 Å². The number of nitrogens with zero attached hydrogens (tertiary/aromatic N) is 1. The number of carbonyl (C=O) groups is 4. The van der Waals surface area contributed by atoms with Gasteiger partial charge in [-0.05, 0) is 12.5 Å². The minimum Gasteiger partial charge on any atom is -0.357 e. The van der Waals surface area contributed by atoms with E-state index in [1.54, 1.807) is 0 Å². The highest BCUT2D eigenvalue weighted by Crippen LogP contribution is 2.17. The first-order chi connectivity index (χ1) is 10.5. The maximum absolute atomic E-state index is 13.9. The lowest BCUT2D eigenvalue weighted by Crippen LogP contribution is -2.47. The van der Waals surface area contributed by atoms with Crippen LogP contribution in [0.3, 0.4) is 0 Å². The number of hydrogen-bond donors (Lipinski definition) is 1. The Balaban J connectivity index is 3.16. The van der Waals surface area contributed by atoms with E-state index in [0.717, 1.165) is 11.0 Å². The highest BCUT2D eigenvalue weighted by Gasteiger charge is 2.29. The van der Waals surface area contributed by atoms with Crippen LogP contribution in [0.5, 0.6) is 0 Å². The molecule has 0 radical (unpaired) electrons. The van der Waals surface area contributed by atoms with Gasteiger partial charge in [0.15, 0.2) is 6.29 Å². The van der Waals surface area contributed by atoms with Gasteiger partial charge in [-0.3, -0.25) is 14.4 Å². The zero-order valence-electron chi connectivity index (χ0n) is 12.3. The average molecular weight is 308 g/mol. The highest BCUT2D eigenvalue weighted by atomic mass is 19.1. The molecular formula is C15H17FN2O4. The van der Waals surface area contributed by atoms with E-state index in [9.17, 15) is 23.6 Å². The van der Waals surface area contributed by atoms with Crippen LogP contribution < -0.4 is 5.32 Å². The van der Waals surface area contributed by atoms with Gasteiger partial charge in [-0.1, -0.05) is 12.1 Å². The number of carbonyl (C=O) groups excluding carboxylic acids is 4. The number of nitrogens with one attached hydrogen (secondary N) is 1. The molecule has 0 aliphatic heterocycles. The number of halogens is 1. The summed E-state index contributed by atoms with van der Waals surface area (Å²) in [6, 6.07) is 2.77. The van der Waals surface area contributed by atoms with Crippen LogP contribution in [-0.4, -0.2) is 49.4 Å². The van der Waals surface area contributed by atoms with E-state index in [1.807, 2.05) is 0 Å². The largest absolute Gasteiger partial charge is 0.357 e. The van der Waals surface area contributed by atoms with E-state index in [0.29, 0.717) is 12.6 Å². The molecular weight excluding hydrogens is 291 g/mol. The maximum atomic E-state index is 13.9. The molecule has 0 saturated carbocycles. The summed E-state index contributed by atoms with van der Waals surface area (Å²) < 4.78 is 13.9. The van der Waals surface area contributed by atoms with Crippen LogP contribution in [0.2, 0.25) is 0 Å². The fraction of sp³-hybridized carbons (Fsp3) is 0.333. The molecule has 6 nitrogen and oxygen atoms in total. The van der Waals surface area contributed by atoms with Crippen LogP contribution in [0, 0.1) is 5.82 Å². The molecule has 1 atom stereocenters. The van der Waals surface area contributed by atoms with E-state index in [4.69, 9.17) is 0 Å². The van der Waals surface area contributed by atoms with Crippen molar-refractivity contribution in [1.82, 2.24) is 10.2 Å². The summed E-state index contributed by atoms with van der Waals surface area (Å²) in [6.45, 7) is 0. The van der Waals surface area contributed by atoms with Crippen molar-refractivity contribution >= 4 is 24.4 Å². The van der Waals surface area contributed by atoms with Crippen LogP contribution >= 0.6 is 0 Å². The lowest BCUT2D eigenvalue weighted by Gasteiger charge is -2.27. The fourth-order valence-electron chi connectivity index (χ4n) is 2.08. The Kier molecular flexibility index (Phi) is 6.37. The second-order valence-corrected chi connectivity index (χ2v) is 4.61. The topological polar surface area (TPSA) is 83.6 Å². The summed E-state index contributed by atoms with van der Waals surface area (Å²) in [5, 5.41) is 2.39. The van der Waals surface area contributed by atoms with E-state index in [1.165, 1.54) is 26.2 Å². The molecule has 1 rings (SSSR count). The summed E-state index contributed by atoms with van der Waals surface area (Å²) in [7, 11) is 2.72. The van der Waals surface area contributed by atoms with Crippen molar-refractivity contribution in [3.05, 3.63) is 35.1 Å². The molecule has 2 amide bonds. The predicted octanol–water partition coefficient (Wildman–Crippen LogP) is 0.804. The Bertz CT molecular complexity index is 589. The molecule has 0 bridgehead atoms. The van der Waals surface area contributed by atoms with Crippen LogP contribution in [0.15, 0.2) is 18.2 Å². The van der Waals surface area contributed by atoms with Gasteiger partial charge in [0.05, 0.1) is 5.56 Å². The fourth-order valence-corrected chi connectivity index (χ4v) is 2.08. The van der Waals surface area contributed by atoms with Crippen molar-refractivity contribution in [3.63, 3.8) is 0 Å². The van der Waals surface area contributed by atoms with Crippen molar-refractivity contribution in [2.75, 3.05) is 14.1 Å². The minimum atomic E-state index is -0.929. The lowest BCUT2D eigenvalue weighted by atomic mass is 10.0. The number of likely N-dealkylation sites (N-methyl/N-ethyl adjacent to an activating group) is 2. The molecule has 0 aliphatic rings. The van der Waals surface area contributed by atoms with Crippen molar-refractivity contribution in [2.24, 2.45) is 0 Å². The number of hydrogen-bond acceptors (Lipinski definition) is 4. The van der Waals surface area contributed by atoms with E-state index < -0.39 is 23.7 Å². The number of benzene rings is 1. The predicted molar refractivity (Wildman–Crippen MR) is 77.0 cm³/mol. The summed E-state index contributed by atoms with van der Waals surface area (Å²) in [6.07, 6.45) is 1.20. The van der Waals surface area contributed by atoms with Gasteiger partial charge >= 0.3 is 0 Å². The smallest absolute Gasteiger partial charge is 0.257 e. The molecule has 0 aliphatic carbocycles. The van der Waals surface area contributed by atoms with E-state index in [2.05, 4.69) is 5.32 Å². The molecule has 7 heteroatoms. The molecule has 1 aromatic rings. The van der Waals surface area contributed by atoms with Crippen LogP contribution in [0.25, 0.3) is 0 Å². The standard InChI is InChI=1S/C15H17FN2O4/c1-17-14(21)12(7-4-8-19)18(2)15(22)13-10(9-20)5-3-6-11(13)16/h3,5-6,8-9,12H,4,7H2,1-2H3,(H,17,21). The third-order valence-corrected chi connectivity index (χ3v) is 3.28. The second kappa shape index (κ2) is 8.02. The molecule has 1 unspecified atom stereocenters. The molecule has 118 valence electrons. The number of rotatable bonds is 7. The van der Waals surface area contributed by atoms with Crippen LogP contribution in [0.4, 0.5) is 4.39 Å². The van der Waals surface area contributed by atoms with Gasteiger partial charge in [-0.25, -0.2) is 4.39 Å². The quantitative estimate of drug-likeness (QED) is 0.755. The zero-order chi connectivity index (χ0) is 16.7. The Morgan fingerprint density at radius 2 is 2.05 bits per heavy atom. The van der Waals surface area contributed by atoms with E-state index >= 15 is 0 Å². The first kappa shape index (κ1) is 17.5. The molecule has 0 spiro atoms. The Labute approximate surface area is 127 Å². The molecule has 1 aromatic carbocycles. The van der Waals surface area contributed by atoms with Crippen molar-refractivity contribution in [2.45, 2.75) is 18.9 Å². The second-order valence-electron chi connectivity index (χ2n) is 4.61. The van der Waals surface area contributed by atoms with Crippen molar-refractivity contribution in [3.8, 4) is 0 Å². The molecule has 1 N–H and O–H groups in total. The van der Waals surface area contributed by atoms with Gasteiger partial charge < -0.3 is 15.0 Å². The van der Waals surface area contributed by atoms with Crippen LogP contribution in [0.1, 0.15) is 33.6 Å². The average Bonchev–Trinajstić information content (AvgIpc) is 2.53. The summed E-state index contributed by atoms with van der Waals surface area (Å²) in [4.78, 5) is 46.8. The summed E-state index contributed by atoms with van der Waals surface area (Å²) >= 11 is 0. The third-order valence-electron chi connectivity index (χ3n) is 3.28. The first-order valence-electron chi connectivity index (χ1n) is 6.64. The van der Waals surface area contributed by atoms with Gasteiger partial charge in [-0.2, -0.15) is 0 Å². The van der Waals surface area contributed by atoms with Gasteiger partial charge in [0.2, 0.25) is 5.91 Å². The normalized spacial score (nSPS) is 11.4.